The van der Waals surface area contributed by atoms with Crippen LogP contribution < -0.4 is 5.56 Å². The van der Waals surface area contributed by atoms with Crippen LogP contribution >= 0.6 is 0 Å². The maximum absolute atomic E-state index is 10.7. The number of rotatable bonds is 2. The van der Waals surface area contributed by atoms with Crippen molar-refractivity contribution in [3.63, 3.8) is 0 Å². The van der Waals surface area contributed by atoms with E-state index in [2.05, 4.69) is 4.52 Å². The van der Waals surface area contributed by atoms with Crippen molar-refractivity contribution in [3.8, 4) is 0 Å². The van der Waals surface area contributed by atoms with Crippen LogP contribution in [0.25, 0.3) is 0 Å². The normalized spacial score (nSPS) is 9.91. The van der Waals surface area contributed by atoms with Gasteiger partial charge in [-0.05, 0) is 6.92 Å². The summed E-state index contributed by atoms with van der Waals surface area (Å²) in [5, 5.41) is 10.4. The number of carboxylic acid groups (broad SMARTS) is 1. The number of nitrogens with one attached hydrogen (secondary N) is 1. The molecule has 0 aromatic carbocycles. The Hall–Kier alpha value is -1.52. The van der Waals surface area contributed by atoms with Crippen LogP contribution in [0.4, 0.5) is 0 Å². The van der Waals surface area contributed by atoms with Gasteiger partial charge in [0.15, 0.2) is 5.76 Å². The molecule has 0 bridgehead atoms. The summed E-state index contributed by atoms with van der Waals surface area (Å²) in [6.45, 7) is 1.51. The predicted octanol–water partition coefficient (Wildman–Crippen LogP) is -0.0966. The second-order valence-electron chi connectivity index (χ2n) is 2.15. The van der Waals surface area contributed by atoms with E-state index in [9.17, 15) is 9.59 Å². The molecule has 0 amide bonds. The highest BCUT2D eigenvalue weighted by Gasteiger charge is 2.10. The van der Waals surface area contributed by atoms with Crippen LogP contribution in [0.2, 0.25) is 0 Å². The topological polar surface area (TPSA) is 83.3 Å². The maximum atomic E-state index is 10.7. The molecule has 5 heteroatoms. The van der Waals surface area contributed by atoms with Crippen molar-refractivity contribution in [1.82, 2.24) is 5.16 Å². The SMILES string of the molecule is Cc1c(CC(=O)O)o[nH]c1=O. The summed E-state index contributed by atoms with van der Waals surface area (Å²) in [4.78, 5) is 20.8. The van der Waals surface area contributed by atoms with E-state index < -0.39 is 5.97 Å². The predicted molar refractivity (Wildman–Crippen MR) is 35.4 cm³/mol. The molecule has 0 saturated carbocycles. The molecule has 1 rings (SSSR count). The molecule has 1 heterocycles. The minimum Gasteiger partial charge on any atom is -0.481 e. The third-order valence-corrected chi connectivity index (χ3v) is 1.34. The van der Waals surface area contributed by atoms with Crippen LogP contribution in [0.1, 0.15) is 11.3 Å². The first-order valence-corrected chi connectivity index (χ1v) is 3.00. The Bertz CT molecular complexity index is 322. The number of aromatic nitrogens is 1. The van der Waals surface area contributed by atoms with Crippen molar-refractivity contribution < 1.29 is 14.4 Å². The summed E-state index contributed by atoms with van der Waals surface area (Å²) in [5.41, 5.74) is -0.0475. The van der Waals surface area contributed by atoms with Crippen LogP contribution in [0.15, 0.2) is 9.32 Å². The van der Waals surface area contributed by atoms with Gasteiger partial charge in [-0.15, -0.1) is 0 Å². The van der Waals surface area contributed by atoms with Gasteiger partial charge < -0.3 is 9.63 Å². The van der Waals surface area contributed by atoms with Crippen LogP contribution in [-0.2, 0) is 11.2 Å². The first kappa shape index (κ1) is 7.59. The molecule has 2 N–H and O–H groups in total. The molecule has 0 spiro atoms. The molecule has 0 atom stereocenters. The Morgan fingerprint density at radius 2 is 2.36 bits per heavy atom. The van der Waals surface area contributed by atoms with Crippen molar-refractivity contribution in [2.45, 2.75) is 13.3 Å². The van der Waals surface area contributed by atoms with Gasteiger partial charge >= 0.3 is 5.97 Å². The van der Waals surface area contributed by atoms with Crippen LogP contribution in [0, 0.1) is 6.92 Å². The molecule has 0 unspecified atom stereocenters. The average Bonchev–Trinajstić information content (AvgIpc) is 2.18. The molecule has 60 valence electrons. The summed E-state index contributed by atoms with van der Waals surface area (Å²) in [7, 11) is 0. The molecular weight excluding hydrogens is 150 g/mol. The van der Waals surface area contributed by atoms with Crippen molar-refractivity contribution in [3.05, 3.63) is 21.7 Å². The quantitative estimate of drug-likeness (QED) is 0.628. The molecule has 5 nitrogen and oxygen atoms in total. The molecule has 0 aliphatic heterocycles. The molecule has 0 radical (unpaired) electrons. The first-order valence-electron chi connectivity index (χ1n) is 3.00. The lowest BCUT2D eigenvalue weighted by Crippen LogP contribution is -2.04. The zero-order chi connectivity index (χ0) is 8.43. The fourth-order valence-corrected chi connectivity index (χ4v) is 0.694. The summed E-state index contributed by atoms with van der Waals surface area (Å²) in [5.74, 6) is -0.835. The highest BCUT2D eigenvalue weighted by Crippen LogP contribution is 2.01. The van der Waals surface area contributed by atoms with Crippen molar-refractivity contribution >= 4 is 5.97 Å². The fraction of sp³-hybridized carbons (Fsp3) is 0.333. The summed E-state index contributed by atoms with van der Waals surface area (Å²) in [6.07, 6.45) is -0.259. The first-order chi connectivity index (χ1) is 5.11. The number of hydrogen-bond acceptors (Lipinski definition) is 3. The Balaban J connectivity index is 2.96. The molecule has 0 aliphatic rings. The minimum atomic E-state index is -1.02. The highest BCUT2D eigenvalue weighted by atomic mass is 16.5. The van der Waals surface area contributed by atoms with Crippen LogP contribution in [-0.4, -0.2) is 16.2 Å². The Morgan fingerprint density at radius 3 is 2.73 bits per heavy atom. The fourth-order valence-electron chi connectivity index (χ4n) is 0.694. The Morgan fingerprint density at radius 1 is 1.73 bits per heavy atom. The van der Waals surface area contributed by atoms with Gasteiger partial charge in [0, 0.05) is 0 Å². The maximum Gasteiger partial charge on any atom is 0.311 e. The van der Waals surface area contributed by atoms with Crippen molar-refractivity contribution in [2.75, 3.05) is 0 Å². The van der Waals surface area contributed by atoms with Gasteiger partial charge in [0.25, 0.3) is 5.56 Å². The smallest absolute Gasteiger partial charge is 0.311 e. The van der Waals surface area contributed by atoms with Gasteiger partial charge in [-0.1, -0.05) is 0 Å². The Kier molecular flexibility index (Phi) is 1.80. The van der Waals surface area contributed by atoms with Gasteiger partial charge in [-0.3, -0.25) is 9.59 Å². The second kappa shape index (κ2) is 2.61. The molecule has 0 saturated heterocycles. The minimum absolute atomic E-state index is 0.183. The summed E-state index contributed by atoms with van der Waals surface area (Å²) < 4.78 is 4.59. The number of aliphatic carboxylic acids is 1. The van der Waals surface area contributed by atoms with E-state index in [0.717, 1.165) is 0 Å². The lowest BCUT2D eigenvalue weighted by atomic mass is 10.2. The van der Waals surface area contributed by atoms with Gasteiger partial charge in [0.1, 0.15) is 6.42 Å². The average molecular weight is 157 g/mol. The number of carbonyl (C=O) groups is 1. The van der Waals surface area contributed by atoms with Gasteiger partial charge in [0.05, 0.1) is 5.56 Å². The van der Waals surface area contributed by atoms with E-state index in [0.29, 0.717) is 5.56 Å². The Labute approximate surface area is 61.6 Å². The molecule has 0 fully saturated rings. The van der Waals surface area contributed by atoms with Gasteiger partial charge in [-0.2, -0.15) is 5.16 Å². The summed E-state index contributed by atoms with van der Waals surface area (Å²) in [6, 6.07) is 0. The highest BCUT2D eigenvalue weighted by molar-refractivity contribution is 5.69. The zero-order valence-electron chi connectivity index (χ0n) is 5.88. The number of carboxylic acids is 1. The number of hydrogen-bond donors (Lipinski definition) is 2. The lowest BCUT2D eigenvalue weighted by Gasteiger charge is -1.87. The van der Waals surface area contributed by atoms with Crippen molar-refractivity contribution in [1.29, 1.82) is 0 Å². The van der Waals surface area contributed by atoms with Crippen LogP contribution in [0.3, 0.4) is 0 Å². The molecular formula is C6H7NO4. The molecule has 1 aromatic rings. The monoisotopic (exact) mass is 157 g/mol. The van der Waals surface area contributed by atoms with Crippen molar-refractivity contribution in [2.24, 2.45) is 0 Å². The van der Waals surface area contributed by atoms with E-state index in [4.69, 9.17) is 5.11 Å². The second-order valence-corrected chi connectivity index (χ2v) is 2.15. The largest absolute Gasteiger partial charge is 0.481 e. The van der Waals surface area contributed by atoms with Gasteiger partial charge in [-0.25, -0.2) is 0 Å². The molecule has 0 aliphatic carbocycles. The lowest BCUT2D eigenvalue weighted by molar-refractivity contribution is -0.136. The number of H-pyrrole nitrogens is 1. The standard InChI is InChI=1S/C6H7NO4/c1-3-4(2-5(8)9)11-7-6(3)10/h2H2,1H3,(H,7,10)(H,8,9). The van der Waals surface area contributed by atoms with E-state index in [1.807, 2.05) is 5.16 Å². The van der Waals surface area contributed by atoms with Gasteiger partial charge in [0.2, 0.25) is 0 Å². The molecule has 11 heavy (non-hydrogen) atoms. The number of aromatic amines is 1. The van der Waals surface area contributed by atoms with E-state index in [-0.39, 0.29) is 17.7 Å². The van der Waals surface area contributed by atoms with E-state index in [1.165, 1.54) is 6.92 Å². The third kappa shape index (κ3) is 1.49. The molecule has 1 aromatic heterocycles. The third-order valence-electron chi connectivity index (χ3n) is 1.34. The van der Waals surface area contributed by atoms with E-state index >= 15 is 0 Å². The summed E-state index contributed by atoms with van der Waals surface area (Å²) >= 11 is 0. The van der Waals surface area contributed by atoms with Crippen LogP contribution in [0.5, 0.6) is 0 Å². The van der Waals surface area contributed by atoms with E-state index in [1.54, 1.807) is 0 Å². The zero-order valence-corrected chi connectivity index (χ0v) is 5.88.